The molecule has 1 aliphatic heterocycles. The zero-order chi connectivity index (χ0) is 26.1. The van der Waals surface area contributed by atoms with E-state index >= 15 is 4.39 Å². The fourth-order valence-corrected chi connectivity index (χ4v) is 6.05. The van der Waals surface area contributed by atoms with E-state index in [4.69, 9.17) is 21.2 Å². The van der Waals surface area contributed by atoms with Gasteiger partial charge in [0.05, 0.1) is 34.2 Å². The number of primary amides is 1. The monoisotopic (exact) mass is 514 g/mol. The maximum absolute atomic E-state index is 15.7. The lowest BCUT2D eigenvalue weighted by atomic mass is 9.89. The smallest absolute Gasteiger partial charge is 0.253 e. The van der Waals surface area contributed by atoms with Crippen LogP contribution in [-0.4, -0.2) is 31.8 Å². The SMILES string of the molecule is Cc1c(F)cc2c(cnn2C2CCCCO2)c1-n1c(N)c(C(N)=O)c2cnc(C3CC3)c(C=C3CCC3)c21. The molecular weight excluding hydrogens is 483 g/mol. The summed E-state index contributed by atoms with van der Waals surface area (Å²) in [4.78, 5) is 17.5. The Kier molecular flexibility index (Phi) is 5.33. The molecule has 4 heterocycles. The topological polar surface area (TPSA) is 114 Å². The molecule has 0 radical (unpaired) electrons. The van der Waals surface area contributed by atoms with Gasteiger partial charge >= 0.3 is 0 Å². The third-order valence-corrected chi connectivity index (χ3v) is 8.38. The molecule has 1 amide bonds. The van der Waals surface area contributed by atoms with Crippen molar-refractivity contribution in [1.29, 1.82) is 0 Å². The molecular formula is C29H31FN6O2. The van der Waals surface area contributed by atoms with Crippen LogP contribution in [0.3, 0.4) is 0 Å². The number of hydrogen-bond donors (Lipinski definition) is 2. The second-order valence-electron chi connectivity index (χ2n) is 10.9. The third-order valence-electron chi connectivity index (χ3n) is 8.38. The van der Waals surface area contributed by atoms with Crippen molar-refractivity contribution >= 4 is 39.6 Å². The van der Waals surface area contributed by atoms with E-state index in [0.29, 0.717) is 34.7 Å². The van der Waals surface area contributed by atoms with E-state index in [0.717, 1.165) is 73.5 Å². The third kappa shape index (κ3) is 3.48. The number of hydrogen-bond acceptors (Lipinski definition) is 5. The minimum atomic E-state index is -0.633. The molecule has 3 aromatic heterocycles. The molecule has 3 fully saturated rings. The number of allylic oxidation sites excluding steroid dienone is 1. The van der Waals surface area contributed by atoms with Crippen LogP contribution in [0.15, 0.2) is 24.0 Å². The molecule has 8 nitrogen and oxygen atoms in total. The summed E-state index contributed by atoms with van der Waals surface area (Å²) in [6, 6.07) is 1.52. The fraction of sp³-hybridized carbons (Fsp3) is 0.414. The number of carbonyl (C=O) groups excluding carboxylic acids is 1. The number of nitrogen functional groups attached to an aromatic ring is 1. The number of halogens is 1. The van der Waals surface area contributed by atoms with Crippen molar-refractivity contribution in [3.63, 3.8) is 0 Å². The van der Waals surface area contributed by atoms with Gasteiger partial charge in [0.25, 0.3) is 5.91 Å². The Hall–Kier alpha value is -3.72. The van der Waals surface area contributed by atoms with Crippen molar-refractivity contribution in [1.82, 2.24) is 19.3 Å². The van der Waals surface area contributed by atoms with Gasteiger partial charge in [-0.05, 0) is 58.3 Å². The molecule has 38 heavy (non-hydrogen) atoms. The molecule has 4 N–H and O–H groups in total. The highest BCUT2D eigenvalue weighted by Gasteiger charge is 2.33. The predicted molar refractivity (Wildman–Crippen MR) is 145 cm³/mol. The second kappa shape index (κ2) is 8.66. The number of nitrogens with zero attached hydrogens (tertiary/aromatic N) is 4. The van der Waals surface area contributed by atoms with E-state index in [2.05, 4.69) is 11.2 Å². The molecule has 7 rings (SSSR count). The Labute approximate surface area is 219 Å². The summed E-state index contributed by atoms with van der Waals surface area (Å²) >= 11 is 0. The van der Waals surface area contributed by atoms with Crippen LogP contribution in [0.5, 0.6) is 0 Å². The van der Waals surface area contributed by atoms with Crippen LogP contribution >= 0.6 is 0 Å². The van der Waals surface area contributed by atoms with Crippen molar-refractivity contribution in [3.8, 4) is 5.69 Å². The number of amides is 1. The largest absolute Gasteiger partial charge is 0.384 e. The second-order valence-corrected chi connectivity index (χ2v) is 10.9. The molecule has 3 aliphatic rings. The van der Waals surface area contributed by atoms with Crippen LogP contribution in [0.4, 0.5) is 10.2 Å². The fourth-order valence-electron chi connectivity index (χ4n) is 6.05. The summed E-state index contributed by atoms with van der Waals surface area (Å²) in [5.74, 6) is -0.451. The van der Waals surface area contributed by atoms with Crippen LogP contribution < -0.4 is 11.5 Å². The maximum Gasteiger partial charge on any atom is 0.253 e. The number of benzene rings is 1. The number of ether oxygens (including phenoxy) is 1. The number of pyridine rings is 1. The van der Waals surface area contributed by atoms with E-state index in [1.807, 2.05) is 4.57 Å². The minimum Gasteiger partial charge on any atom is -0.384 e. The molecule has 2 aliphatic carbocycles. The van der Waals surface area contributed by atoms with Gasteiger partial charge in [0, 0.05) is 46.7 Å². The zero-order valence-electron chi connectivity index (χ0n) is 21.5. The Morgan fingerprint density at radius 3 is 2.63 bits per heavy atom. The average molecular weight is 515 g/mol. The number of fused-ring (bicyclic) bond motifs is 2. The van der Waals surface area contributed by atoms with Crippen molar-refractivity contribution < 1.29 is 13.9 Å². The minimum absolute atomic E-state index is 0.187. The van der Waals surface area contributed by atoms with E-state index in [9.17, 15) is 4.79 Å². The van der Waals surface area contributed by atoms with Gasteiger partial charge in [-0.3, -0.25) is 14.3 Å². The van der Waals surface area contributed by atoms with Gasteiger partial charge < -0.3 is 16.2 Å². The van der Waals surface area contributed by atoms with E-state index in [1.165, 1.54) is 11.6 Å². The van der Waals surface area contributed by atoms with Gasteiger partial charge in [-0.2, -0.15) is 5.10 Å². The molecule has 196 valence electrons. The first-order valence-corrected chi connectivity index (χ1v) is 13.5. The van der Waals surface area contributed by atoms with Crippen LogP contribution in [0.1, 0.15) is 90.7 Å². The Morgan fingerprint density at radius 2 is 1.97 bits per heavy atom. The number of aromatic nitrogens is 4. The lowest BCUT2D eigenvalue weighted by Gasteiger charge is -2.24. The summed E-state index contributed by atoms with van der Waals surface area (Å²) in [7, 11) is 0. The molecule has 4 aromatic rings. The first-order valence-electron chi connectivity index (χ1n) is 13.5. The quantitative estimate of drug-likeness (QED) is 0.357. The Balaban J connectivity index is 1.58. The van der Waals surface area contributed by atoms with Gasteiger partial charge in [0.2, 0.25) is 0 Å². The first-order chi connectivity index (χ1) is 18.4. The van der Waals surface area contributed by atoms with E-state index in [1.54, 1.807) is 24.0 Å². The number of anilines is 1. The van der Waals surface area contributed by atoms with E-state index < -0.39 is 5.91 Å². The summed E-state index contributed by atoms with van der Waals surface area (Å²) < 4.78 is 25.2. The summed E-state index contributed by atoms with van der Waals surface area (Å²) in [6.07, 6.45) is 13.7. The number of nitrogens with two attached hydrogens (primary N) is 2. The summed E-state index contributed by atoms with van der Waals surface area (Å²) in [6.45, 7) is 2.39. The molecule has 9 heteroatoms. The number of carbonyl (C=O) groups is 1. The molecule has 1 saturated heterocycles. The zero-order valence-corrected chi connectivity index (χ0v) is 21.5. The van der Waals surface area contributed by atoms with Gasteiger partial charge in [-0.1, -0.05) is 11.6 Å². The highest BCUT2D eigenvalue weighted by molar-refractivity contribution is 6.14. The van der Waals surface area contributed by atoms with Crippen LogP contribution in [-0.2, 0) is 4.74 Å². The van der Waals surface area contributed by atoms with Crippen molar-refractivity contribution in [2.45, 2.75) is 70.4 Å². The van der Waals surface area contributed by atoms with Crippen molar-refractivity contribution in [2.24, 2.45) is 5.73 Å². The predicted octanol–water partition coefficient (Wildman–Crippen LogP) is 5.65. The molecule has 1 atom stereocenters. The normalized spacial score (nSPS) is 19.7. The lowest BCUT2D eigenvalue weighted by molar-refractivity contribution is -0.0366. The first kappa shape index (κ1) is 23.4. The molecule has 2 saturated carbocycles. The molecule has 0 spiro atoms. The van der Waals surface area contributed by atoms with Gasteiger partial charge in [-0.25, -0.2) is 9.07 Å². The van der Waals surface area contributed by atoms with Crippen molar-refractivity contribution in [2.75, 3.05) is 12.3 Å². The summed E-state index contributed by atoms with van der Waals surface area (Å²) in [5.41, 5.74) is 18.5. The van der Waals surface area contributed by atoms with Crippen molar-refractivity contribution in [3.05, 3.63) is 52.2 Å². The standard InChI is InChI=1S/C29H31FN6O2/c1-15-21(30)12-22-19(14-34-36(22)23-7-2-3-10-38-23)26(15)35-27-18(11-16-5-4-6-16)25(17-8-9-17)33-13-20(27)24(28(35)31)29(32)37/h11-14,17,23H,2-10,31H2,1H3,(H2,32,37). The highest BCUT2D eigenvalue weighted by Crippen LogP contribution is 2.46. The van der Waals surface area contributed by atoms with E-state index in [-0.39, 0.29) is 23.4 Å². The van der Waals surface area contributed by atoms with Crippen LogP contribution in [0.25, 0.3) is 33.6 Å². The molecule has 0 bridgehead atoms. The summed E-state index contributed by atoms with van der Waals surface area (Å²) in [5, 5.41) is 5.97. The van der Waals surface area contributed by atoms with Crippen LogP contribution in [0, 0.1) is 12.7 Å². The van der Waals surface area contributed by atoms with Gasteiger partial charge in [-0.15, -0.1) is 0 Å². The van der Waals surface area contributed by atoms with Crippen LogP contribution in [0.2, 0.25) is 0 Å². The van der Waals surface area contributed by atoms with Gasteiger partial charge in [0.15, 0.2) is 6.23 Å². The van der Waals surface area contributed by atoms with Gasteiger partial charge in [0.1, 0.15) is 11.6 Å². The average Bonchev–Trinajstić information content (AvgIpc) is 3.57. The Bertz CT molecular complexity index is 1650. The maximum atomic E-state index is 15.7. The number of rotatable bonds is 5. The Morgan fingerprint density at radius 1 is 1.16 bits per heavy atom. The highest BCUT2D eigenvalue weighted by atomic mass is 19.1. The lowest BCUT2D eigenvalue weighted by Crippen LogP contribution is -2.19. The molecule has 1 aromatic carbocycles. The molecule has 1 unspecified atom stereocenters.